The second-order valence-corrected chi connectivity index (χ2v) is 11.2. The minimum Gasteiger partial charge on any atom is -0.390 e. The fourth-order valence-electron chi connectivity index (χ4n) is 6.12. The first-order valence-corrected chi connectivity index (χ1v) is 14.2. The molecule has 0 spiro atoms. The quantitative estimate of drug-likeness (QED) is 0.346. The SMILES string of the molecule is CO[C@@H]1C[C@H](O[C@H]2[C@H](O)C[C@H](O[C@H]3[C@H](C)O[C@H](O[C@H]4[C@H](C)OC(O)C[C@H]4OC)C[C@H]3OC)O[C@@H]2C)O[C@H](C)[C@H]1O. The highest BCUT2D eigenvalue weighted by atomic mass is 16.7. The van der Waals surface area contributed by atoms with E-state index >= 15 is 0 Å². The van der Waals surface area contributed by atoms with Gasteiger partial charge in [-0.25, -0.2) is 0 Å². The Morgan fingerprint density at radius 3 is 1.48 bits per heavy atom. The van der Waals surface area contributed by atoms with E-state index in [-0.39, 0.29) is 24.7 Å². The number of aliphatic hydroxyl groups excluding tert-OH is 3. The van der Waals surface area contributed by atoms with Gasteiger partial charge in [0.15, 0.2) is 25.2 Å². The Morgan fingerprint density at radius 1 is 0.500 bits per heavy atom. The molecular weight excluding hydrogens is 532 g/mol. The molecule has 40 heavy (non-hydrogen) atoms. The fourth-order valence-corrected chi connectivity index (χ4v) is 6.12. The molecule has 0 aromatic rings. The van der Waals surface area contributed by atoms with Gasteiger partial charge in [0.1, 0.15) is 24.4 Å². The van der Waals surface area contributed by atoms with Crippen LogP contribution in [0.3, 0.4) is 0 Å². The van der Waals surface area contributed by atoms with Gasteiger partial charge in [-0.2, -0.15) is 0 Å². The van der Waals surface area contributed by atoms with Crippen molar-refractivity contribution in [2.24, 2.45) is 0 Å². The maximum atomic E-state index is 11.0. The van der Waals surface area contributed by atoms with Gasteiger partial charge in [-0.05, 0) is 27.7 Å². The summed E-state index contributed by atoms with van der Waals surface area (Å²) in [5, 5.41) is 31.1. The van der Waals surface area contributed by atoms with Gasteiger partial charge in [-0.3, -0.25) is 0 Å². The maximum absolute atomic E-state index is 11.0. The summed E-state index contributed by atoms with van der Waals surface area (Å²) in [5.41, 5.74) is 0. The average Bonchev–Trinajstić information content (AvgIpc) is 2.90. The summed E-state index contributed by atoms with van der Waals surface area (Å²) in [7, 11) is 4.72. The number of methoxy groups -OCH3 is 3. The molecule has 1 unspecified atom stereocenters. The van der Waals surface area contributed by atoms with Crippen LogP contribution in [-0.2, 0) is 47.4 Å². The van der Waals surface area contributed by atoms with Crippen molar-refractivity contribution in [3.63, 3.8) is 0 Å². The maximum Gasteiger partial charge on any atom is 0.161 e. The molecule has 0 bridgehead atoms. The standard InChI is InChI=1S/C27H48O13/c1-12-24(30)17(31-5)10-22(35-12)38-25-13(2)36-21(8-16(25)28)39-27-15(4)37-23(11-19(27)33-7)40-26-14(3)34-20(29)9-18(26)32-6/h12-30H,8-11H2,1-7H3/t12-,13-,14+,15+,16-,17-,18-,19-,20?,21+,22+,23-,24-,25-,26+,27+/m1/s1. The molecule has 4 fully saturated rings. The van der Waals surface area contributed by atoms with Gasteiger partial charge < -0.3 is 62.7 Å². The van der Waals surface area contributed by atoms with Crippen LogP contribution in [-0.4, -0.2) is 135 Å². The first-order chi connectivity index (χ1) is 19.0. The van der Waals surface area contributed by atoms with E-state index in [4.69, 9.17) is 47.4 Å². The summed E-state index contributed by atoms with van der Waals surface area (Å²) in [5.74, 6) is 0. The van der Waals surface area contributed by atoms with Crippen molar-refractivity contribution < 1.29 is 62.7 Å². The molecule has 3 N–H and O–H groups in total. The van der Waals surface area contributed by atoms with Crippen LogP contribution in [0.4, 0.5) is 0 Å². The van der Waals surface area contributed by atoms with Crippen LogP contribution >= 0.6 is 0 Å². The van der Waals surface area contributed by atoms with E-state index in [2.05, 4.69) is 0 Å². The molecule has 0 aliphatic carbocycles. The van der Waals surface area contributed by atoms with Crippen LogP contribution in [0.5, 0.6) is 0 Å². The summed E-state index contributed by atoms with van der Waals surface area (Å²) in [6.07, 6.45) is -7.66. The van der Waals surface area contributed by atoms with Crippen LogP contribution < -0.4 is 0 Å². The molecule has 4 aliphatic heterocycles. The third-order valence-electron chi connectivity index (χ3n) is 8.39. The lowest BCUT2D eigenvalue weighted by Gasteiger charge is -2.46. The third kappa shape index (κ3) is 7.51. The first-order valence-electron chi connectivity index (χ1n) is 14.2. The summed E-state index contributed by atoms with van der Waals surface area (Å²) >= 11 is 0. The Labute approximate surface area is 236 Å². The molecule has 4 aliphatic rings. The van der Waals surface area contributed by atoms with Crippen LogP contribution in [0.15, 0.2) is 0 Å². The monoisotopic (exact) mass is 580 g/mol. The second kappa shape index (κ2) is 14.3. The molecule has 0 radical (unpaired) electrons. The smallest absolute Gasteiger partial charge is 0.161 e. The van der Waals surface area contributed by atoms with Gasteiger partial charge in [0.2, 0.25) is 0 Å². The number of aliphatic hydroxyl groups is 3. The van der Waals surface area contributed by atoms with Crippen LogP contribution in [0, 0.1) is 0 Å². The summed E-state index contributed by atoms with van der Waals surface area (Å²) in [4.78, 5) is 0. The van der Waals surface area contributed by atoms with Crippen LogP contribution in [0.2, 0.25) is 0 Å². The third-order valence-corrected chi connectivity index (χ3v) is 8.39. The van der Waals surface area contributed by atoms with E-state index < -0.39 is 80.1 Å². The van der Waals surface area contributed by atoms with E-state index in [0.29, 0.717) is 19.3 Å². The van der Waals surface area contributed by atoms with E-state index in [9.17, 15) is 15.3 Å². The predicted molar refractivity (Wildman–Crippen MR) is 137 cm³/mol. The normalized spacial score (nSPS) is 50.5. The molecule has 4 rings (SSSR count). The Bertz CT molecular complexity index is 763. The summed E-state index contributed by atoms with van der Waals surface area (Å²) in [6.45, 7) is 7.27. The van der Waals surface area contributed by atoms with Crippen molar-refractivity contribution in [1.82, 2.24) is 0 Å². The van der Waals surface area contributed by atoms with Gasteiger partial charge in [0.25, 0.3) is 0 Å². The highest BCUT2D eigenvalue weighted by molar-refractivity contribution is 4.90. The molecule has 4 saturated heterocycles. The van der Waals surface area contributed by atoms with Gasteiger partial charge in [-0.1, -0.05) is 0 Å². The predicted octanol–water partition coefficient (Wildman–Crippen LogP) is 0.441. The van der Waals surface area contributed by atoms with E-state index in [1.54, 1.807) is 21.1 Å². The lowest BCUT2D eigenvalue weighted by molar-refractivity contribution is -0.344. The molecular formula is C27H48O13. The van der Waals surface area contributed by atoms with E-state index in [1.165, 1.54) is 7.11 Å². The zero-order chi connectivity index (χ0) is 29.1. The van der Waals surface area contributed by atoms with Crippen molar-refractivity contribution in [3.8, 4) is 0 Å². The molecule has 13 nitrogen and oxygen atoms in total. The highest BCUT2D eigenvalue weighted by Gasteiger charge is 2.47. The fraction of sp³-hybridized carbons (Fsp3) is 1.00. The topological polar surface area (TPSA) is 153 Å². The number of rotatable bonds is 9. The van der Waals surface area contributed by atoms with Crippen molar-refractivity contribution >= 4 is 0 Å². The van der Waals surface area contributed by atoms with Gasteiger partial charge in [-0.15, -0.1) is 0 Å². The molecule has 16 atom stereocenters. The largest absolute Gasteiger partial charge is 0.390 e. The number of hydrogen-bond donors (Lipinski definition) is 3. The Hall–Kier alpha value is -0.520. The number of hydrogen-bond acceptors (Lipinski definition) is 13. The van der Waals surface area contributed by atoms with Crippen molar-refractivity contribution in [2.75, 3.05) is 21.3 Å². The molecule has 234 valence electrons. The van der Waals surface area contributed by atoms with Crippen LogP contribution in [0.1, 0.15) is 53.4 Å². The van der Waals surface area contributed by atoms with Gasteiger partial charge in [0.05, 0.1) is 48.8 Å². The Balaban J connectivity index is 1.31. The molecule has 0 amide bonds. The van der Waals surface area contributed by atoms with E-state index in [1.807, 2.05) is 20.8 Å². The molecule has 0 aromatic carbocycles. The van der Waals surface area contributed by atoms with Gasteiger partial charge >= 0.3 is 0 Å². The minimum absolute atomic E-state index is 0.183. The zero-order valence-corrected chi connectivity index (χ0v) is 24.5. The molecule has 0 aromatic heterocycles. The summed E-state index contributed by atoms with van der Waals surface area (Å²) in [6, 6.07) is 0. The molecule has 13 heteroatoms. The lowest BCUT2D eigenvalue weighted by Crippen LogP contribution is -2.57. The summed E-state index contributed by atoms with van der Waals surface area (Å²) < 4.78 is 58.9. The van der Waals surface area contributed by atoms with E-state index in [0.717, 1.165) is 0 Å². The highest BCUT2D eigenvalue weighted by Crippen LogP contribution is 2.34. The zero-order valence-electron chi connectivity index (χ0n) is 24.5. The lowest BCUT2D eigenvalue weighted by atomic mass is 9.99. The minimum atomic E-state index is -0.900. The molecule has 4 heterocycles. The average molecular weight is 581 g/mol. The van der Waals surface area contributed by atoms with Crippen molar-refractivity contribution in [3.05, 3.63) is 0 Å². The first kappa shape index (κ1) is 32.4. The number of ether oxygens (including phenoxy) is 10. The second-order valence-electron chi connectivity index (χ2n) is 11.2. The molecule has 0 saturated carbocycles. The Morgan fingerprint density at radius 2 is 0.925 bits per heavy atom. The van der Waals surface area contributed by atoms with Crippen molar-refractivity contribution in [2.45, 2.75) is 152 Å². The van der Waals surface area contributed by atoms with Crippen molar-refractivity contribution in [1.29, 1.82) is 0 Å². The Kier molecular flexibility index (Phi) is 11.6. The van der Waals surface area contributed by atoms with Gasteiger partial charge in [0, 0.05) is 47.0 Å². The van der Waals surface area contributed by atoms with Crippen LogP contribution in [0.25, 0.3) is 0 Å².